The molecule has 3 aromatic heterocycles. The van der Waals surface area contributed by atoms with E-state index in [2.05, 4.69) is 25.8 Å². The van der Waals surface area contributed by atoms with Crippen LogP contribution in [-0.2, 0) is 11.3 Å². The molecule has 2 N–H and O–H groups in total. The molecule has 1 fully saturated rings. The van der Waals surface area contributed by atoms with Crippen molar-refractivity contribution in [1.29, 1.82) is 0 Å². The Labute approximate surface area is 239 Å². The number of carbonyl (C=O) groups is 2. The van der Waals surface area contributed by atoms with Gasteiger partial charge in [-0.15, -0.1) is 0 Å². The van der Waals surface area contributed by atoms with E-state index in [9.17, 15) is 9.59 Å². The van der Waals surface area contributed by atoms with E-state index in [0.717, 1.165) is 22.2 Å². The van der Waals surface area contributed by atoms with Crippen molar-refractivity contribution in [2.24, 2.45) is 0 Å². The molecule has 11 heteroatoms. The van der Waals surface area contributed by atoms with Gasteiger partial charge in [0.1, 0.15) is 16.4 Å². The molecular formula is C29H24Cl2N6O3. The lowest BCUT2D eigenvalue weighted by Gasteiger charge is -2.18. The summed E-state index contributed by atoms with van der Waals surface area (Å²) >= 11 is 12.9. The average Bonchev–Trinajstić information content (AvgIpc) is 3.50. The summed E-state index contributed by atoms with van der Waals surface area (Å²) < 4.78 is 7.21. The molecule has 0 aliphatic heterocycles. The number of fused-ring (bicyclic) bond motifs is 1. The minimum absolute atomic E-state index is 0.114. The number of carbonyl (C=O) groups excluding carboxylic acids is 2. The Hall–Kier alpha value is -4.21. The monoisotopic (exact) mass is 574 g/mol. The molecule has 1 saturated carbocycles. The van der Waals surface area contributed by atoms with E-state index in [4.69, 9.17) is 27.7 Å². The molecule has 0 saturated heterocycles. The molecule has 1 aliphatic rings. The summed E-state index contributed by atoms with van der Waals surface area (Å²) in [6.45, 7) is 3.82. The van der Waals surface area contributed by atoms with Gasteiger partial charge in [-0.25, -0.2) is 4.98 Å². The van der Waals surface area contributed by atoms with E-state index < -0.39 is 11.4 Å². The maximum absolute atomic E-state index is 13.0. The Balaban J connectivity index is 1.19. The molecule has 3 heterocycles. The topological polar surface area (TPSA) is 115 Å². The van der Waals surface area contributed by atoms with Crippen LogP contribution >= 0.6 is 23.2 Å². The maximum Gasteiger partial charge on any atom is 0.255 e. The van der Waals surface area contributed by atoms with Crippen LogP contribution in [0.15, 0.2) is 65.2 Å². The number of aryl methyl sites for hydroxylation is 2. The van der Waals surface area contributed by atoms with Gasteiger partial charge in [-0.05, 0) is 55.7 Å². The van der Waals surface area contributed by atoms with Crippen LogP contribution in [0.5, 0.6) is 0 Å². The Kier molecular flexibility index (Phi) is 6.56. The Morgan fingerprint density at radius 1 is 1.00 bits per heavy atom. The number of amides is 2. The van der Waals surface area contributed by atoms with E-state index in [1.54, 1.807) is 26.0 Å². The van der Waals surface area contributed by atoms with E-state index in [1.165, 1.54) is 0 Å². The molecule has 2 amide bonds. The number of hydrogen-bond acceptors (Lipinski definition) is 6. The van der Waals surface area contributed by atoms with Crippen molar-refractivity contribution in [3.8, 4) is 17.2 Å². The fourth-order valence-electron chi connectivity index (χ4n) is 4.69. The highest BCUT2D eigenvalue weighted by Crippen LogP contribution is 2.39. The Bertz CT molecular complexity index is 1770. The average molecular weight is 575 g/mol. The lowest BCUT2D eigenvalue weighted by Crippen LogP contribution is -2.48. The molecule has 0 atom stereocenters. The van der Waals surface area contributed by atoms with Crippen molar-refractivity contribution < 1.29 is 14.1 Å². The quantitative estimate of drug-likeness (QED) is 0.245. The fraction of sp³-hybridized carbons (Fsp3) is 0.207. The van der Waals surface area contributed by atoms with Crippen molar-refractivity contribution >= 4 is 45.9 Å². The smallest absolute Gasteiger partial charge is 0.255 e. The van der Waals surface area contributed by atoms with Gasteiger partial charge in [0.25, 0.3) is 5.91 Å². The van der Waals surface area contributed by atoms with Crippen molar-refractivity contribution in [2.45, 2.75) is 38.8 Å². The highest BCUT2D eigenvalue weighted by atomic mass is 35.5. The third-order valence-electron chi connectivity index (χ3n) is 6.97. The summed E-state index contributed by atoms with van der Waals surface area (Å²) in [6.07, 6.45) is 1.11. The van der Waals surface area contributed by atoms with Crippen molar-refractivity contribution in [1.82, 2.24) is 30.3 Å². The van der Waals surface area contributed by atoms with Gasteiger partial charge in [0, 0.05) is 30.2 Å². The largest absolute Gasteiger partial charge is 0.350 e. The van der Waals surface area contributed by atoms with Crippen LogP contribution in [-0.4, -0.2) is 37.0 Å². The number of nitrogens with zero attached hydrogens (tertiary/aromatic N) is 4. The van der Waals surface area contributed by atoms with Crippen LogP contribution in [0, 0.1) is 13.8 Å². The predicted molar refractivity (Wildman–Crippen MR) is 152 cm³/mol. The molecule has 2 aromatic carbocycles. The van der Waals surface area contributed by atoms with E-state index in [0.29, 0.717) is 47.5 Å². The zero-order chi connectivity index (χ0) is 28.0. The van der Waals surface area contributed by atoms with Crippen LogP contribution in [0.25, 0.3) is 28.1 Å². The van der Waals surface area contributed by atoms with Gasteiger partial charge in [-0.2, -0.15) is 4.98 Å². The third kappa shape index (κ3) is 4.71. The summed E-state index contributed by atoms with van der Waals surface area (Å²) in [6, 6.07) is 18.9. The van der Waals surface area contributed by atoms with Gasteiger partial charge < -0.3 is 19.7 Å². The Morgan fingerprint density at radius 3 is 2.42 bits per heavy atom. The first-order valence-electron chi connectivity index (χ1n) is 12.7. The van der Waals surface area contributed by atoms with Crippen molar-refractivity contribution in [3.05, 3.63) is 93.6 Å². The second-order valence-electron chi connectivity index (χ2n) is 9.83. The SMILES string of the molecule is Cc1ccc(C(=O)NC2(C(=O)NCc3ccc(-n4c(-c5noc(C)n5)c(Cl)c5ccccc54)cc3)CC2)c(Cl)n1. The minimum atomic E-state index is -0.941. The number of halogens is 2. The van der Waals surface area contributed by atoms with Gasteiger partial charge in [-0.1, -0.05) is 58.7 Å². The van der Waals surface area contributed by atoms with Crippen LogP contribution in [0.1, 0.15) is 40.3 Å². The molecule has 0 spiro atoms. The van der Waals surface area contributed by atoms with Crippen LogP contribution in [0.4, 0.5) is 0 Å². The number of para-hydroxylation sites is 1. The second-order valence-corrected chi connectivity index (χ2v) is 10.6. The van der Waals surface area contributed by atoms with Gasteiger partial charge in [0.15, 0.2) is 0 Å². The molecule has 0 bridgehead atoms. The van der Waals surface area contributed by atoms with Crippen molar-refractivity contribution in [3.63, 3.8) is 0 Å². The molecule has 0 unspecified atom stereocenters. The standard InChI is InChI=1S/C29H24Cl2N6O3/c1-16-7-12-21(25(31)33-16)27(38)35-29(13-14-29)28(39)32-15-18-8-10-19(11-9-18)37-22-6-4-3-5-20(22)23(30)24(37)26-34-17(2)40-36-26/h3-12H,13-15H2,1-2H3,(H,32,39)(H,35,38). The number of aromatic nitrogens is 4. The highest BCUT2D eigenvalue weighted by Gasteiger charge is 2.51. The molecule has 6 rings (SSSR count). The summed E-state index contributed by atoms with van der Waals surface area (Å²) in [4.78, 5) is 34.3. The lowest BCUT2D eigenvalue weighted by molar-refractivity contribution is -0.124. The molecule has 40 heavy (non-hydrogen) atoms. The number of rotatable bonds is 7. The molecular weight excluding hydrogens is 551 g/mol. The summed E-state index contributed by atoms with van der Waals surface area (Å²) in [5.41, 5.74) is 3.30. The molecule has 9 nitrogen and oxygen atoms in total. The third-order valence-corrected chi connectivity index (χ3v) is 7.64. The summed E-state index contributed by atoms with van der Waals surface area (Å²) in [5, 5.41) is 11.4. The van der Waals surface area contributed by atoms with Crippen LogP contribution < -0.4 is 10.6 Å². The molecule has 1 aliphatic carbocycles. The van der Waals surface area contributed by atoms with E-state index in [1.807, 2.05) is 53.1 Å². The summed E-state index contributed by atoms with van der Waals surface area (Å²) in [5.74, 6) is 0.186. The molecule has 202 valence electrons. The first-order chi connectivity index (χ1) is 19.3. The van der Waals surface area contributed by atoms with Crippen molar-refractivity contribution in [2.75, 3.05) is 0 Å². The van der Waals surface area contributed by atoms with Crippen LogP contribution in [0.3, 0.4) is 0 Å². The normalized spacial score (nSPS) is 13.8. The molecule has 0 radical (unpaired) electrons. The van der Waals surface area contributed by atoms with E-state index >= 15 is 0 Å². The van der Waals surface area contributed by atoms with Crippen LogP contribution in [0.2, 0.25) is 10.2 Å². The Morgan fingerprint density at radius 2 is 1.75 bits per heavy atom. The second kappa shape index (κ2) is 10.1. The first-order valence-corrected chi connectivity index (χ1v) is 13.4. The van der Waals surface area contributed by atoms with Gasteiger partial charge >= 0.3 is 0 Å². The maximum atomic E-state index is 13.0. The summed E-state index contributed by atoms with van der Waals surface area (Å²) in [7, 11) is 0. The zero-order valence-corrected chi connectivity index (χ0v) is 23.2. The number of pyridine rings is 1. The fourth-order valence-corrected chi connectivity index (χ4v) is 5.30. The van der Waals surface area contributed by atoms with Gasteiger partial charge in [0.05, 0.1) is 16.1 Å². The van der Waals surface area contributed by atoms with E-state index in [-0.39, 0.29) is 16.6 Å². The first kappa shape index (κ1) is 26.0. The minimum Gasteiger partial charge on any atom is -0.350 e. The van der Waals surface area contributed by atoms with Gasteiger partial charge in [0.2, 0.25) is 17.6 Å². The number of benzene rings is 2. The van der Waals surface area contributed by atoms with Gasteiger partial charge in [-0.3, -0.25) is 9.59 Å². The highest BCUT2D eigenvalue weighted by molar-refractivity contribution is 6.38. The molecule has 5 aromatic rings. The zero-order valence-electron chi connectivity index (χ0n) is 21.7. The number of nitrogens with one attached hydrogen (secondary N) is 2. The number of hydrogen-bond donors (Lipinski definition) is 2. The predicted octanol–water partition coefficient (Wildman–Crippen LogP) is 5.58. The lowest BCUT2D eigenvalue weighted by atomic mass is 10.1.